The molecule has 0 fully saturated rings. The number of carbonyl (C=O) groups is 1. The first kappa shape index (κ1) is 22.2. The third-order valence-corrected chi connectivity index (χ3v) is 5.10. The highest BCUT2D eigenvalue weighted by Crippen LogP contribution is 2.27. The van der Waals surface area contributed by atoms with Gasteiger partial charge >= 0.3 is 0 Å². The van der Waals surface area contributed by atoms with Crippen LogP contribution in [0, 0.1) is 21.7 Å². The molecule has 2 rings (SSSR count). The molecule has 8 nitrogen and oxygen atoms in total. The van der Waals surface area contributed by atoms with Gasteiger partial charge in [0.25, 0.3) is 5.69 Å². The van der Waals surface area contributed by atoms with Crippen molar-refractivity contribution in [3.63, 3.8) is 0 Å². The summed E-state index contributed by atoms with van der Waals surface area (Å²) < 4.78 is 49.7. The first-order valence-corrected chi connectivity index (χ1v) is 10.4. The molecule has 0 atom stereocenters. The summed E-state index contributed by atoms with van der Waals surface area (Å²) in [5, 5.41) is 16.5. The molecule has 0 saturated carbocycles. The van der Waals surface area contributed by atoms with Gasteiger partial charge in [-0.25, -0.2) is 17.2 Å². The summed E-state index contributed by atoms with van der Waals surface area (Å²) >= 11 is 0. The van der Waals surface area contributed by atoms with Crippen molar-refractivity contribution in [2.75, 3.05) is 24.7 Å². The number of aryl methyl sites for hydroxylation is 1. The highest BCUT2D eigenvalue weighted by atomic mass is 32.2. The minimum atomic E-state index is -3.59. The fraction of sp³-hybridized carbons (Fsp3) is 0.278. The van der Waals surface area contributed by atoms with Gasteiger partial charge < -0.3 is 10.6 Å². The number of hydrogen-bond donors (Lipinski definition) is 2. The van der Waals surface area contributed by atoms with Crippen molar-refractivity contribution in [1.82, 2.24) is 5.32 Å². The number of nitro benzene ring substituents is 1. The predicted molar refractivity (Wildman–Crippen MR) is 102 cm³/mol. The van der Waals surface area contributed by atoms with Gasteiger partial charge in [0.15, 0.2) is 9.84 Å². The number of anilines is 1. The standard InChI is InChI=1S/C18H19F2N3O5S/c1-29(27,28)14-4-6-16(17(11-14)23(25)26)21-8-9-22-18(24)7-2-12-10-13(19)3-5-15(12)20/h3-6,10-11,21H,2,7-9H2,1H3,(H,22,24). The number of nitrogens with zero attached hydrogens (tertiary/aromatic N) is 1. The van der Waals surface area contributed by atoms with Crippen molar-refractivity contribution >= 4 is 27.1 Å². The van der Waals surface area contributed by atoms with Crippen LogP contribution in [0.25, 0.3) is 0 Å². The Hall–Kier alpha value is -3.08. The Balaban J connectivity index is 1.86. The van der Waals surface area contributed by atoms with E-state index in [9.17, 15) is 32.1 Å². The summed E-state index contributed by atoms with van der Waals surface area (Å²) in [6, 6.07) is 6.51. The van der Waals surface area contributed by atoms with E-state index < -0.39 is 38.0 Å². The Labute approximate surface area is 166 Å². The lowest BCUT2D eigenvalue weighted by atomic mass is 10.1. The van der Waals surface area contributed by atoms with Gasteiger partial charge in [-0.3, -0.25) is 14.9 Å². The van der Waals surface area contributed by atoms with Crippen molar-refractivity contribution in [2.24, 2.45) is 0 Å². The zero-order chi connectivity index (χ0) is 21.6. The van der Waals surface area contributed by atoms with E-state index in [1.807, 2.05) is 0 Å². The van der Waals surface area contributed by atoms with Crippen LogP contribution in [-0.4, -0.2) is 38.6 Å². The van der Waals surface area contributed by atoms with Crippen LogP contribution in [0.15, 0.2) is 41.3 Å². The number of carbonyl (C=O) groups excluding carboxylic acids is 1. The van der Waals surface area contributed by atoms with E-state index in [4.69, 9.17) is 0 Å². The molecule has 0 saturated heterocycles. The topological polar surface area (TPSA) is 118 Å². The summed E-state index contributed by atoms with van der Waals surface area (Å²) in [6.07, 6.45) is 0.926. The number of halogens is 2. The molecule has 1 amide bonds. The molecule has 0 aliphatic rings. The summed E-state index contributed by atoms with van der Waals surface area (Å²) in [5.74, 6) is -1.57. The van der Waals surface area contributed by atoms with Gasteiger partial charge in [0.2, 0.25) is 5.91 Å². The maximum Gasteiger partial charge on any atom is 0.293 e. The molecule has 0 heterocycles. The lowest BCUT2D eigenvalue weighted by molar-refractivity contribution is -0.384. The van der Waals surface area contributed by atoms with Crippen LogP contribution in [-0.2, 0) is 21.1 Å². The number of sulfone groups is 1. The molecule has 0 aliphatic carbocycles. The Morgan fingerprint density at radius 3 is 2.52 bits per heavy atom. The van der Waals surface area contributed by atoms with Gasteiger partial charge in [0.05, 0.1) is 9.82 Å². The van der Waals surface area contributed by atoms with Gasteiger partial charge in [-0.2, -0.15) is 0 Å². The van der Waals surface area contributed by atoms with Crippen LogP contribution < -0.4 is 10.6 Å². The summed E-state index contributed by atoms with van der Waals surface area (Å²) in [6.45, 7) is 0.259. The lowest BCUT2D eigenvalue weighted by Gasteiger charge is -2.10. The highest BCUT2D eigenvalue weighted by molar-refractivity contribution is 7.90. The third-order valence-electron chi connectivity index (χ3n) is 3.99. The van der Waals surface area contributed by atoms with E-state index in [1.54, 1.807) is 0 Å². The van der Waals surface area contributed by atoms with Gasteiger partial charge in [0.1, 0.15) is 17.3 Å². The maximum absolute atomic E-state index is 13.5. The van der Waals surface area contributed by atoms with Gasteiger partial charge in [-0.15, -0.1) is 0 Å². The second kappa shape index (κ2) is 9.41. The van der Waals surface area contributed by atoms with Gasteiger partial charge in [-0.1, -0.05) is 0 Å². The molecule has 0 aromatic heterocycles. The predicted octanol–water partition coefficient (Wildman–Crippen LogP) is 2.44. The molecule has 11 heteroatoms. The highest BCUT2D eigenvalue weighted by Gasteiger charge is 2.18. The molecule has 0 bridgehead atoms. The first-order valence-electron chi connectivity index (χ1n) is 8.51. The number of nitrogens with one attached hydrogen (secondary N) is 2. The normalized spacial score (nSPS) is 11.1. The Morgan fingerprint density at radius 2 is 1.86 bits per heavy atom. The minimum absolute atomic E-state index is 0.0290. The first-order chi connectivity index (χ1) is 13.6. The number of hydrogen-bond acceptors (Lipinski definition) is 6. The van der Waals surface area contributed by atoms with Crippen LogP contribution in [0.2, 0.25) is 0 Å². The zero-order valence-electron chi connectivity index (χ0n) is 15.4. The minimum Gasteiger partial charge on any atom is -0.378 e. The second-order valence-corrected chi connectivity index (χ2v) is 8.24. The zero-order valence-corrected chi connectivity index (χ0v) is 16.3. The molecule has 0 radical (unpaired) electrons. The molecular formula is C18H19F2N3O5S. The molecule has 0 unspecified atom stereocenters. The lowest BCUT2D eigenvalue weighted by Crippen LogP contribution is -2.29. The summed E-state index contributed by atoms with van der Waals surface area (Å²) in [5.41, 5.74) is -0.195. The fourth-order valence-corrected chi connectivity index (χ4v) is 3.15. The van der Waals surface area contributed by atoms with Crippen LogP contribution in [0.4, 0.5) is 20.2 Å². The van der Waals surface area contributed by atoms with Crippen LogP contribution >= 0.6 is 0 Å². The average molecular weight is 427 g/mol. The van der Waals surface area contributed by atoms with E-state index in [2.05, 4.69) is 10.6 Å². The molecule has 0 spiro atoms. The number of amides is 1. The van der Waals surface area contributed by atoms with E-state index >= 15 is 0 Å². The monoisotopic (exact) mass is 427 g/mol. The Kier molecular flexibility index (Phi) is 7.21. The van der Waals surface area contributed by atoms with E-state index in [-0.39, 0.29) is 42.1 Å². The summed E-state index contributed by atoms with van der Waals surface area (Å²) in [4.78, 5) is 22.1. The van der Waals surface area contributed by atoms with Crippen LogP contribution in [0.1, 0.15) is 12.0 Å². The maximum atomic E-state index is 13.5. The van der Waals surface area contributed by atoms with E-state index in [0.717, 1.165) is 30.5 Å². The van der Waals surface area contributed by atoms with Crippen molar-refractivity contribution in [1.29, 1.82) is 0 Å². The quantitative estimate of drug-likeness (QED) is 0.361. The molecule has 29 heavy (non-hydrogen) atoms. The smallest absolute Gasteiger partial charge is 0.293 e. The third kappa shape index (κ3) is 6.49. The number of rotatable bonds is 9. The summed E-state index contributed by atoms with van der Waals surface area (Å²) in [7, 11) is -3.59. The average Bonchev–Trinajstić information content (AvgIpc) is 2.65. The molecule has 156 valence electrons. The second-order valence-electron chi connectivity index (χ2n) is 6.22. The SMILES string of the molecule is CS(=O)(=O)c1ccc(NCCNC(=O)CCc2cc(F)ccc2F)c([N+](=O)[O-])c1. The van der Waals surface area contributed by atoms with E-state index in [1.165, 1.54) is 12.1 Å². The Morgan fingerprint density at radius 1 is 1.14 bits per heavy atom. The van der Waals surface area contributed by atoms with Crippen LogP contribution in [0.5, 0.6) is 0 Å². The molecule has 2 aromatic carbocycles. The Bertz CT molecular complexity index is 1030. The molecule has 2 aromatic rings. The van der Waals surface area contributed by atoms with Gasteiger partial charge in [-0.05, 0) is 42.3 Å². The van der Waals surface area contributed by atoms with Crippen molar-refractivity contribution < 1.29 is 26.9 Å². The fourth-order valence-electron chi connectivity index (χ4n) is 2.51. The molecule has 0 aliphatic heterocycles. The van der Waals surface area contributed by atoms with E-state index in [0.29, 0.717) is 0 Å². The van der Waals surface area contributed by atoms with Crippen molar-refractivity contribution in [3.8, 4) is 0 Å². The van der Waals surface area contributed by atoms with Crippen molar-refractivity contribution in [3.05, 3.63) is 63.7 Å². The van der Waals surface area contributed by atoms with Crippen molar-refractivity contribution in [2.45, 2.75) is 17.7 Å². The number of benzene rings is 2. The molecule has 2 N–H and O–H groups in total. The van der Waals surface area contributed by atoms with Crippen LogP contribution in [0.3, 0.4) is 0 Å². The van der Waals surface area contributed by atoms with Gasteiger partial charge in [0, 0.05) is 31.8 Å². The largest absolute Gasteiger partial charge is 0.378 e. The molecular weight excluding hydrogens is 408 g/mol. The number of nitro groups is 1.